The largest absolute Gasteiger partial charge is 0.291 e. The second-order valence-corrected chi connectivity index (χ2v) is 2.99. The van der Waals surface area contributed by atoms with Crippen LogP contribution in [-0.4, -0.2) is 12.5 Å². The van der Waals surface area contributed by atoms with E-state index in [9.17, 15) is 4.39 Å². The fourth-order valence-corrected chi connectivity index (χ4v) is 0.539. The summed E-state index contributed by atoms with van der Waals surface area (Å²) in [5.74, 6) is -0.544. The van der Waals surface area contributed by atoms with Crippen LogP contribution in [-0.2, 0) is 0 Å². The quantitative estimate of drug-likeness (QED) is 0.426. The second-order valence-electron chi connectivity index (χ2n) is 2.20. The van der Waals surface area contributed by atoms with Gasteiger partial charge in [-0.3, -0.25) is 5.41 Å². The molecule has 0 aromatic heterocycles. The molecule has 0 aliphatic rings. The lowest BCUT2D eigenvalue weighted by Crippen LogP contribution is -1.82. The minimum absolute atomic E-state index is 0.211. The molecule has 0 spiro atoms. The third-order valence-electron chi connectivity index (χ3n) is 1.28. The van der Waals surface area contributed by atoms with Gasteiger partial charge in [0.05, 0.1) is 0 Å². The van der Waals surface area contributed by atoms with E-state index in [1.807, 2.05) is 14.8 Å². The van der Waals surface area contributed by atoms with Crippen molar-refractivity contribution in [3.63, 3.8) is 0 Å². The summed E-state index contributed by atoms with van der Waals surface area (Å²) in [6, 6.07) is 0. The molecule has 4 heteroatoms. The average molecular weight is 218 g/mol. The van der Waals surface area contributed by atoms with Gasteiger partial charge in [-0.2, -0.15) is 0 Å². The molecule has 0 fully saturated rings. The van der Waals surface area contributed by atoms with E-state index in [1.165, 1.54) is 6.08 Å². The summed E-state index contributed by atoms with van der Waals surface area (Å²) in [5.41, 5.74) is 1.09. The molecule has 11 heavy (non-hydrogen) atoms. The van der Waals surface area contributed by atoms with Crippen LogP contribution >= 0.6 is 15.9 Å². The molecule has 0 saturated carbocycles. The van der Waals surface area contributed by atoms with Crippen LogP contribution in [0, 0.1) is 5.41 Å². The Balaban J connectivity index is 4.22. The van der Waals surface area contributed by atoms with Crippen LogP contribution in [0.1, 0.15) is 6.92 Å². The summed E-state index contributed by atoms with van der Waals surface area (Å²) in [6.07, 6.45) is 3.86. The van der Waals surface area contributed by atoms with E-state index >= 15 is 0 Å². The van der Waals surface area contributed by atoms with E-state index in [-0.39, 0.29) is 4.62 Å². The SMILES string of the molecule is BC/C(C)=C/C=C(/F)C(=N)Br. The summed E-state index contributed by atoms with van der Waals surface area (Å²) in [7, 11) is 2.00. The van der Waals surface area contributed by atoms with Crippen molar-refractivity contribution < 1.29 is 4.39 Å². The smallest absolute Gasteiger partial charge is 0.155 e. The summed E-state index contributed by atoms with van der Waals surface area (Å²) in [6.45, 7) is 1.92. The van der Waals surface area contributed by atoms with Gasteiger partial charge >= 0.3 is 0 Å². The first-order chi connectivity index (χ1) is 5.07. The van der Waals surface area contributed by atoms with Crippen molar-refractivity contribution in [3.8, 4) is 0 Å². The molecule has 1 nitrogen and oxygen atoms in total. The molecular formula is C7H10BBrFN. The molecule has 0 aliphatic heterocycles. The first kappa shape index (κ1) is 10.6. The highest BCUT2D eigenvalue weighted by Gasteiger charge is 1.95. The highest BCUT2D eigenvalue weighted by atomic mass is 79.9. The molecule has 60 valence electrons. The fraction of sp³-hybridized carbons (Fsp3) is 0.286. The van der Waals surface area contributed by atoms with Crippen molar-refractivity contribution in [3.05, 3.63) is 23.6 Å². The first-order valence-electron chi connectivity index (χ1n) is 3.35. The van der Waals surface area contributed by atoms with Crippen LogP contribution in [0.3, 0.4) is 0 Å². The Morgan fingerprint density at radius 3 is 2.55 bits per heavy atom. The van der Waals surface area contributed by atoms with Gasteiger partial charge in [0, 0.05) is 0 Å². The molecule has 0 aromatic rings. The predicted octanol–water partition coefficient (Wildman–Crippen LogP) is 2.21. The lowest BCUT2D eigenvalue weighted by atomic mass is 9.98. The highest BCUT2D eigenvalue weighted by Crippen LogP contribution is 2.06. The van der Waals surface area contributed by atoms with Crippen LogP contribution in [0.25, 0.3) is 0 Å². The van der Waals surface area contributed by atoms with Gasteiger partial charge in [0.15, 0.2) is 5.83 Å². The van der Waals surface area contributed by atoms with Gasteiger partial charge in [-0.1, -0.05) is 18.0 Å². The van der Waals surface area contributed by atoms with Gasteiger partial charge in [0.2, 0.25) is 0 Å². The predicted molar refractivity (Wildman–Crippen MR) is 53.0 cm³/mol. The third-order valence-corrected chi connectivity index (χ3v) is 1.66. The zero-order valence-electron chi connectivity index (χ0n) is 6.62. The molecule has 0 amide bonds. The van der Waals surface area contributed by atoms with Crippen LogP contribution in [0.15, 0.2) is 23.6 Å². The maximum Gasteiger partial charge on any atom is 0.155 e. The van der Waals surface area contributed by atoms with Crippen LogP contribution < -0.4 is 0 Å². The third kappa shape index (κ3) is 4.96. The summed E-state index contributed by atoms with van der Waals surface area (Å²) in [4.78, 5) is 0. The highest BCUT2D eigenvalue weighted by molar-refractivity contribution is 9.18. The van der Waals surface area contributed by atoms with E-state index in [0.717, 1.165) is 11.9 Å². The van der Waals surface area contributed by atoms with Gasteiger partial charge in [0.1, 0.15) is 12.5 Å². The maximum atomic E-state index is 12.6. The Bertz CT molecular complexity index is 210. The van der Waals surface area contributed by atoms with Crippen LogP contribution in [0.4, 0.5) is 4.39 Å². The minimum atomic E-state index is -0.544. The molecule has 0 rings (SSSR count). The van der Waals surface area contributed by atoms with Gasteiger partial charge < -0.3 is 0 Å². The van der Waals surface area contributed by atoms with E-state index < -0.39 is 5.83 Å². The second kappa shape index (κ2) is 5.30. The molecule has 0 heterocycles. The minimum Gasteiger partial charge on any atom is -0.291 e. The molecule has 0 radical (unpaired) electrons. The number of nitrogens with one attached hydrogen (secondary N) is 1. The summed E-state index contributed by atoms with van der Waals surface area (Å²) >= 11 is 2.72. The fourth-order valence-electron chi connectivity index (χ4n) is 0.406. The number of allylic oxidation sites excluding steroid dienone is 4. The standard InChI is InChI=1S/C7H10BBrFN/c1-5(4-8)2-3-6(10)7(9)11/h2-3,11H,4,8H2,1H3/b5-2+,6-3+,11-7?. The zero-order valence-corrected chi connectivity index (χ0v) is 8.20. The van der Waals surface area contributed by atoms with Gasteiger partial charge in [-0.25, -0.2) is 4.39 Å². The van der Waals surface area contributed by atoms with Crippen molar-refractivity contribution in [1.29, 1.82) is 5.41 Å². The molecular weight excluding hydrogens is 208 g/mol. The Kier molecular flexibility index (Phi) is 5.12. The van der Waals surface area contributed by atoms with Crippen LogP contribution in [0.5, 0.6) is 0 Å². The first-order valence-corrected chi connectivity index (χ1v) is 4.14. The Labute approximate surface area is 75.4 Å². The number of hydrogen-bond acceptors (Lipinski definition) is 1. The Morgan fingerprint density at radius 2 is 2.18 bits per heavy atom. The number of hydrogen-bond donors (Lipinski definition) is 1. The number of halogens is 2. The van der Waals surface area contributed by atoms with Crippen LogP contribution in [0.2, 0.25) is 6.32 Å². The average Bonchev–Trinajstić information content (AvgIpc) is 1.99. The summed E-state index contributed by atoms with van der Waals surface area (Å²) < 4.78 is 12.4. The molecule has 1 N–H and O–H groups in total. The zero-order chi connectivity index (χ0) is 8.85. The van der Waals surface area contributed by atoms with Crippen molar-refractivity contribution in [2.45, 2.75) is 13.2 Å². The normalized spacial score (nSPS) is 13.4. The lowest BCUT2D eigenvalue weighted by molar-refractivity contribution is 0.684. The lowest BCUT2D eigenvalue weighted by Gasteiger charge is -1.90. The topological polar surface area (TPSA) is 23.9 Å². The molecule has 0 unspecified atom stereocenters. The van der Waals surface area contributed by atoms with Gasteiger partial charge in [0.25, 0.3) is 0 Å². The van der Waals surface area contributed by atoms with E-state index in [2.05, 4.69) is 15.9 Å². The van der Waals surface area contributed by atoms with Crippen molar-refractivity contribution in [1.82, 2.24) is 0 Å². The molecule has 0 bridgehead atoms. The molecule has 0 aliphatic carbocycles. The Morgan fingerprint density at radius 1 is 1.64 bits per heavy atom. The Hall–Kier alpha value is -0.375. The monoisotopic (exact) mass is 217 g/mol. The number of rotatable bonds is 3. The van der Waals surface area contributed by atoms with Crippen molar-refractivity contribution >= 4 is 28.4 Å². The van der Waals surface area contributed by atoms with Gasteiger partial charge in [-0.05, 0) is 28.9 Å². The van der Waals surface area contributed by atoms with E-state index in [4.69, 9.17) is 5.41 Å². The van der Waals surface area contributed by atoms with E-state index in [0.29, 0.717) is 0 Å². The van der Waals surface area contributed by atoms with Crippen molar-refractivity contribution in [2.75, 3.05) is 0 Å². The van der Waals surface area contributed by atoms with Gasteiger partial charge in [-0.15, -0.1) is 0 Å². The molecule has 0 saturated heterocycles. The maximum absolute atomic E-state index is 12.6. The molecule has 0 aromatic carbocycles. The summed E-state index contributed by atoms with van der Waals surface area (Å²) in [5, 5.41) is 6.85. The molecule has 0 atom stereocenters. The van der Waals surface area contributed by atoms with E-state index in [1.54, 1.807) is 6.08 Å². The van der Waals surface area contributed by atoms with Crippen molar-refractivity contribution in [2.24, 2.45) is 0 Å².